The molecule has 3 aromatic rings. The van der Waals surface area contributed by atoms with Crippen molar-refractivity contribution in [1.82, 2.24) is 14.5 Å². The molecule has 7 nitrogen and oxygen atoms in total. The number of carbonyl (C=O) groups is 1. The highest BCUT2D eigenvalue weighted by Gasteiger charge is 2.26. The van der Waals surface area contributed by atoms with Gasteiger partial charge in [0, 0.05) is 18.5 Å². The molecule has 1 amide bonds. The van der Waals surface area contributed by atoms with E-state index in [2.05, 4.69) is 0 Å². The largest absolute Gasteiger partial charge is 0.486 e. The van der Waals surface area contributed by atoms with Crippen molar-refractivity contribution in [3.05, 3.63) is 45.1 Å². The van der Waals surface area contributed by atoms with Gasteiger partial charge in [-0.25, -0.2) is 4.98 Å². The molecule has 1 atom stereocenters. The molecule has 1 aromatic carbocycles. The highest BCUT2D eigenvalue weighted by Crippen LogP contribution is 2.35. The van der Waals surface area contributed by atoms with Crippen molar-refractivity contribution in [3.63, 3.8) is 0 Å². The third-order valence-corrected chi connectivity index (χ3v) is 8.41. The van der Waals surface area contributed by atoms with Crippen LogP contribution in [0.4, 0.5) is 0 Å². The fourth-order valence-electron chi connectivity index (χ4n) is 4.42. The first-order valence-electron chi connectivity index (χ1n) is 11.4. The molecule has 0 N–H and O–H groups in total. The van der Waals surface area contributed by atoms with Gasteiger partial charge in [0.15, 0.2) is 22.8 Å². The van der Waals surface area contributed by atoms with Crippen LogP contribution in [0.1, 0.15) is 30.2 Å². The van der Waals surface area contributed by atoms with E-state index in [9.17, 15) is 9.59 Å². The molecule has 1 aliphatic carbocycles. The molecule has 1 aliphatic heterocycles. The minimum absolute atomic E-state index is 0.00637. The molecule has 5 rings (SSSR count). The second kappa shape index (κ2) is 9.38. The van der Waals surface area contributed by atoms with Crippen LogP contribution in [0, 0.1) is 0 Å². The monoisotopic (exact) mass is 485 g/mol. The molecule has 0 bridgehead atoms. The molecular weight excluding hydrogens is 458 g/mol. The maximum Gasteiger partial charge on any atom is 0.262 e. The predicted octanol–water partition coefficient (Wildman–Crippen LogP) is 3.65. The Morgan fingerprint density at radius 2 is 2.06 bits per heavy atom. The number of ether oxygens (including phenoxy) is 2. The second-order valence-corrected chi connectivity index (χ2v) is 10.4. The summed E-state index contributed by atoms with van der Waals surface area (Å²) in [6.45, 7) is 3.39. The van der Waals surface area contributed by atoms with Crippen LogP contribution in [-0.4, -0.2) is 51.9 Å². The van der Waals surface area contributed by atoms with E-state index >= 15 is 0 Å². The van der Waals surface area contributed by atoms with Crippen molar-refractivity contribution < 1.29 is 14.3 Å². The molecular formula is C24H27N3O4S2. The number of hydrogen-bond donors (Lipinski definition) is 0. The fourth-order valence-corrected chi connectivity index (χ4v) is 6.60. The number of nitrogens with zero attached hydrogens (tertiary/aromatic N) is 3. The number of hydrogen-bond acceptors (Lipinski definition) is 7. The first-order valence-corrected chi connectivity index (χ1v) is 13.2. The van der Waals surface area contributed by atoms with E-state index in [4.69, 9.17) is 14.5 Å². The number of fused-ring (bicyclic) bond motifs is 4. The van der Waals surface area contributed by atoms with Crippen LogP contribution in [0.2, 0.25) is 0 Å². The summed E-state index contributed by atoms with van der Waals surface area (Å²) in [4.78, 5) is 34.7. The number of carbonyl (C=O) groups excluding carboxylic acids is 1. The maximum atomic E-state index is 13.1. The van der Waals surface area contributed by atoms with Gasteiger partial charge in [-0.1, -0.05) is 23.9 Å². The Kier molecular flexibility index (Phi) is 6.34. The van der Waals surface area contributed by atoms with E-state index < -0.39 is 0 Å². The molecule has 2 aliphatic rings. The summed E-state index contributed by atoms with van der Waals surface area (Å²) in [5.74, 6) is 1.65. The lowest BCUT2D eigenvalue weighted by atomic mass is 9.97. The van der Waals surface area contributed by atoms with Gasteiger partial charge in [-0.3, -0.25) is 14.2 Å². The van der Waals surface area contributed by atoms with Crippen LogP contribution in [0.15, 0.2) is 34.2 Å². The van der Waals surface area contributed by atoms with Gasteiger partial charge in [-0.15, -0.1) is 11.3 Å². The van der Waals surface area contributed by atoms with Gasteiger partial charge in [0.25, 0.3) is 5.56 Å². The number of amides is 1. The molecule has 0 saturated heterocycles. The van der Waals surface area contributed by atoms with Crippen molar-refractivity contribution in [3.8, 4) is 11.5 Å². The van der Waals surface area contributed by atoms with E-state index in [0.29, 0.717) is 30.6 Å². The Balaban J connectivity index is 1.27. The lowest BCUT2D eigenvalue weighted by Gasteiger charge is -2.30. The van der Waals surface area contributed by atoms with Crippen molar-refractivity contribution in [2.24, 2.45) is 7.05 Å². The Hall–Kier alpha value is -2.52. The summed E-state index contributed by atoms with van der Waals surface area (Å²) < 4.78 is 13.4. The summed E-state index contributed by atoms with van der Waals surface area (Å²) in [6.07, 6.45) is 4.07. The Morgan fingerprint density at radius 1 is 1.27 bits per heavy atom. The normalized spacial score (nSPS) is 17.1. The minimum Gasteiger partial charge on any atom is -0.486 e. The van der Waals surface area contributed by atoms with Gasteiger partial charge in [0.05, 0.1) is 17.7 Å². The van der Waals surface area contributed by atoms with E-state index in [0.717, 1.165) is 35.2 Å². The Morgan fingerprint density at radius 3 is 2.88 bits per heavy atom. The van der Waals surface area contributed by atoms with Gasteiger partial charge in [0.1, 0.15) is 11.4 Å². The van der Waals surface area contributed by atoms with Crippen LogP contribution in [0.3, 0.4) is 0 Å². The summed E-state index contributed by atoms with van der Waals surface area (Å²) >= 11 is 2.96. The number of benzene rings is 1. The van der Waals surface area contributed by atoms with E-state index in [-0.39, 0.29) is 23.3 Å². The molecule has 33 heavy (non-hydrogen) atoms. The SMILES string of the molecule is CCN(C[C@@H]1COc2ccccc2O1)C(=O)CSc1nc2sc3c(c2c(=O)n1C)CCCC3. The Bertz CT molecular complexity index is 1250. The maximum absolute atomic E-state index is 13.1. The fraction of sp³-hybridized carbons (Fsp3) is 0.458. The number of likely N-dealkylation sites (N-methyl/N-ethyl adjacent to an activating group) is 1. The van der Waals surface area contributed by atoms with Crippen LogP contribution < -0.4 is 15.0 Å². The zero-order valence-corrected chi connectivity index (χ0v) is 20.5. The summed E-state index contributed by atoms with van der Waals surface area (Å²) in [7, 11) is 1.75. The van der Waals surface area contributed by atoms with E-state index in [1.807, 2.05) is 31.2 Å². The van der Waals surface area contributed by atoms with Crippen molar-refractivity contribution in [2.75, 3.05) is 25.4 Å². The van der Waals surface area contributed by atoms with Gasteiger partial charge < -0.3 is 14.4 Å². The summed E-state index contributed by atoms with van der Waals surface area (Å²) in [5, 5.41) is 1.36. The lowest BCUT2D eigenvalue weighted by Crippen LogP contribution is -2.44. The van der Waals surface area contributed by atoms with Crippen LogP contribution in [0.25, 0.3) is 10.2 Å². The van der Waals surface area contributed by atoms with Crippen LogP contribution >= 0.6 is 23.1 Å². The average molecular weight is 486 g/mol. The number of para-hydroxylation sites is 2. The highest BCUT2D eigenvalue weighted by molar-refractivity contribution is 7.99. The van der Waals surface area contributed by atoms with E-state index in [1.54, 1.807) is 27.9 Å². The van der Waals surface area contributed by atoms with Gasteiger partial charge >= 0.3 is 0 Å². The van der Waals surface area contributed by atoms with Gasteiger partial charge in [-0.05, 0) is 50.3 Å². The molecule has 0 radical (unpaired) electrons. The first-order chi connectivity index (χ1) is 16.0. The second-order valence-electron chi connectivity index (χ2n) is 8.37. The van der Waals surface area contributed by atoms with Crippen LogP contribution in [-0.2, 0) is 24.7 Å². The Labute approximate surface area is 200 Å². The molecule has 2 aromatic heterocycles. The average Bonchev–Trinajstić information content (AvgIpc) is 3.22. The number of aromatic nitrogens is 2. The summed E-state index contributed by atoms with van der Waals surface area (Å²) in [6, 6.07) is 7.57. The number of thiophene rings is 1. The quantitative estimate of drug-likeness (QED) is 0.392. The van der Waals surface area contributed by atoms with Crippen molar-refractivity contribution >= 4 is 39.2 Å². The summed E-state index contributed by atoms with van der Waals surface area (Å²) in [5.41, 5.74) is 1.18. The first kappa shape index (κ1) is 22.3. The molecule has 0 fully saturated rings. The minimum atomic E-state index is -0.218. The third-order valence-electron chi connectivity index (χ3n) is 6.21. The van der Waals surface area contributed by atoms with E-state index in [1.165, 1.54) is 28.6 Å². The molecule has 0 saturated carbocycles. The molecule has 0 unspecified atom stereocenters. The standard InChI is InChI=1S/C24H27N3O4S2/c1-3-27(12-15-13-30-17-9-5-6-10-18(17)31-15)20(28)14-32-24-25-22-21(23(29)26(24)2)16-8-4-7-11-19(16)33-22/h5-6,9-10,15H,3-4,7-8,11-14H2,1-2H3/t15-/m1/s1. The molecule has 3 heterocycles. The topological polar surface area (TPSA) is 73.7 Å². The lowest BCUT2D eigenvalue weighted by molar-refractivity contribution is -0.129. The van der Waals surface area contributed by atoms with Crippen molar-refractivity contribution in [1.29, 1.82) is 0 Å². The molecule has 0 spiro atoms. The predicted molar refractivity (Wildman–Crippen MR) is 131 cm³/mol. The zero-order chi connectivity index (χ0) is 22.9. The highest BCUT2D eigenvalue weighted by atomic mass is 32.2. The third kappa shape index (κ3) is 4.36. The number of aryl methyl sites for hydroxylation is 2. The van der Waals surface area contributed by atoms with Crippen molar-refractivity contribution in [2.45, 2.75) is 43.9 Å². The zero-order valence-electron chi connectivity index (χ0n) is 18.8. The molecule has 174 valence electrons. The van der Waals surface area contributed by atoms with Crippen LogP contribution in [0.5, 0.6) is 11.5 Å². The molecule has 9 heteroatoms. The van der Waals surface area contributed by atoms with Gasteiger partial charge in [-0.2, -0.15) is 0 Å². The van der Waals surface area contributed by atoms with Gasteiger partial charge in [0.2, 0.25) is 5.91 Å². The number of rotatable bonds is 6. The number of thioether (sulfide) groups is 1. The smallest absolute Gasteiger partial charge is 0.262 e.